The van der Waals surface area contributed by atoms with Gasteiger partial charge in [-0.1, -0.05) is 12.5 Å². The van der Waals surface area contributed by atoms with Gasteiger partial charge in [0.1, 0.15) is 11.6 Å². The number of amidine groups is 1. The Bertz CT molecular complexity index is 388. The van der Waals surface area contributed by atoms with Gasteiger partial charge in [-0.25, -0.2) is 0 Å². The first-order chi connectivity index (χ1) is 8.38. The summed E-state index contributed by atoms with van der Waals surface area (Å²) in [7, 11) is 0. The van der Waals surface area contributed by atoms with Crippen LogP contribution in [0.25, 0.3) is 0 Å². The van der Waals surface area contributed by atoms with E-state index in [1.54, 1.807) is 0 Å². The summed E-state index contributed by atoms with van der Waals surface area (Å²) in [6.07, 6.45) is 4.79. The molecule has 0 fully saturated rings. The molecule has 0 aromatic heterocycles. The predicted molar refractivity (Wildman–Crippen MR) is 72.0 cm³/mol. The third kappa shape index (κ3) is 3.77. The van der Waals surface area contributed by atoms with E-state index in [1.165, 1.54) is 19.3 Å². The molecule has 3 nitrogen and oxygen atoms in total. The fourth-order valence-corrected chi connectivity index (χ4v) is 1.97. The Kier molecular flexibility index (Phi) is 4.42. The number of hydrogen-bond acceptors (Lipinski definition) is 3. The highest BCUT2D eigenvalue weighted by Gasteiger charge is 2.04. The van der Waals surface area contributed by atoms with Crippen LogP contribution < -0.4 is 10.1 Å². The van der Waals surface area contributed by atoms with Crippen LogP contribution in [0.4, 0.5) is 5.69 Å². The first kappa shape index (κ1) is 12.0. The maximum atomic E-state index is 5.48. The Hall–Kier alpha value is -1.51. The minimum Gasteiger partial charge on any atom is -0.494 e. The second kappa shape index (κ2) is 6.28. The Morgan fingerprint density at radius 2 is 2.24 bits per heavy atom. The van der Waals surface area contributed by atoms with Crippen LogP contribution in [0.1, 0.15) is 32.6 Å². The molecular weight excluding hydrogens is 212 g/mol. The van der Waals surface area contributed by atoms with Gasteiger partial charge < -0.3 is 10.1 Å². The number of anilines is 1. The van der Waals surface area contributed by atoms with Crippen molar-refractivity contribution in [3.8, 4) is 5.75 Å². The van der Waals surface area contributed by atoms with Crippen LogP contribution in [0.2, 0.25) is 0 Å². The molecule has 0 saturated heterocycles. The summed E-state index contributed by atoms with van der Waals surface area (Å²) in [5.74, 6) is 2.02. The molecule has 0 unspecified atom stereocenters. The van der Waals surface area contributed by atoms with Crippen LogP contribution in [0, 0.1) is 0 Å². The Morgan fingerprint density at radius 1 is 1.29 bits per heavy atom. The number of benzene rings is 1. The maximum absolute atomic E-state index is 5.48. The molecule has 0 atom stereocenters. The van der Waals surface area contributed by atoms with Crippen molar-refractivity contribution in [2.75, 3.05) is 18.5 Å². The van der Waals surface area contributed by atoms with Crippen molar-refractivity contribution < 1.29 is 4.74 Å². The van der Waals surface area contributed by atoms with Crippen molar-refractivity contribution in [3.63, 3.8) is 0 Å². The molecule has 3 heteroatoms. The van der Waals surface area contributed by atoms with E-state index >= 15 is 0 Å². The van der Waals surface area contributed by atoms with Crippen molar-refractivity contribution in [3.05, 3.63) is 24.3 Å². The normalized spacial score (nSPS) is 15.9. The number of nitrogens with zero attached hydrogens (tertiary/aromatic N) is 1. The first-order valence-corrected chi connectivity index (χ1v) is 6.41. The highest BCUT2D eigenvalue weighted by molar-refractivity contribution is 5.95. The van der Waals surface area contributed by atoms with Gasteiger partial charge in [-0.15, -0.1) is 0 Å². The van der Waals surface area contributed by atoms with Crippen LogP contribution in [0.5, 0.6) is 5.75 Å². The molecule has 0 saturated carbocycles. The molecule has 2 rings (SSSR count). The fraction of sp³-hybridized carbons (Fsp3) is 0.500. The van der Waals surface area contributed by atoms with Gasteiger partial charge in [0.25, 0.3) is 0 Å². The van der Waals surface area contributed by atoms with E-state index in [9.17, 15) is 0 Å². The minimum atomic E-state index is 0.699. The average Bonchev–Trinajstić information content (AvgIpc) is 2.59. The smallest absolute Gasteiger partial charge is 0.121 e. The van der Waals surface area contributed by atoms with Crippen LogP contribution >= 0.6 is 0 Å². The van der Waals surface area contributed by atoms with Gasteiger partial charge in [-0.05, 0) is 31.9 Å². The van der Waals surface area contributed by atoms with E-state index in [0.29, 0.717) is 6.61 Å². The van der Waals surface area contributed by atoms with Gasteiger partial charge in [-0.2, -0.15) is 0 Å². The lowest BCUT2D eigenvalue weighted by molar-refractivity contribution is 0.340. The lowest BCUT2D eigenvalue weighted by Gasteiger charge is -2.10. The van der Waals surface area contributed by atoms with E-state index in [4.69, 9.17) is 4.74 Å². The summed E-state index contributed by atoms with van der Waals surface area (Å²) in [6, 6.07) is 8.06. The number of aliphatic imine (C=N–C) groups is 1. The highest BCUT2D eigenvalue weighted by atomic mass is 16.5. The summed E-state index contributed by atoms with van der Waals surface area (Å²) >= 11 is 0. The molecule has 1 N–H and O–H groups in total. The Morgan fingerprint density at radius 3 is 3.12 bits per heavy atom. The molecule has 1 aromatic carbocycles. The summed E-state index contributed by atoms with van der Waals surface area (Å²) in [4.78, 5) is 4.56. The molecule has 0 bridgehead atoms. The molecule has 0 aliphatic carbocycles. The lowest BCUT2D eigenvalue weighted by atomic mass is 10.2. The van der Waals surface area contributed by atoms with Crippen molar-refractivity contribution in [2.45, 2.75) is 32.6 Å². The molecule has 0 spiro atoms. The van der Waals surface area contributed by atoms with E-state index in [2.05, 4.69) is 16.4 Å². The van der Waals surface area contributed by atoms with E-state index in [0.717, 1.165) is 30.2 Å². The van der Waals surface area contributed by atoms with E-state index in [1.807, 2.05) is 25.1 Å². The van der Waals surface area contributed by atoms with Gasteiger partial charge in [-0.3, -0.25) is 4.99 Å². The van der Waals surface area contributed by atoms with Crippen LogP contribution in [-0.4, -0.2) is 19.0 Å². The minimum absolute atomic E-state index is 0.699. The number of rotatable bonds is 3. The second-order valence-corrected chi connectivity index (χ2v) is 4.22. The summed E-state index contributed by atoms with van der Waals surface area (Å²) < 4.78 is 5.48. The third-order valence-electron chi connectivity index (χ3n) is 2.81. The van der Waals surface area contributed by atoms with Gasteiger partial charge in [0, 0.05) is 24.7 Å². The van der Waals surface area contributed by atoms with Crippen molar-refractivity contribution in [1.82, 2.24) is 0 Å². The number of nitrogens with one attached hydrogen (secondary N) is 1. The zero-order valence-corrected chi connectivity index (χ0v) is 10.4. The van der Waals surface area contributed by atoms with Gasteiger partial charge in [0.2, 0.25) is 0 Å². The maximum Gasteiger partial charge on any atom is 0.121 e. The third-order valence-corrected chi connectivity index (χ3v) is 2.81. The predicted octanol–water partition coefficient (Wildman–Crippen LogP) is 3.47. The number of ether oxygens (including phenoxy) is 1. The molecule has 1 heterocycles. The Balaban J connectivity index is 2.01. The van der Waals surface area contributed by atoms with Crippen molar-refractivity contribution in [1.29, 1.82) is 0 Å². The first-order valence-electron chi connectivity index (χ1n) is 6.41. The standard InChI is InChI=1S/C14H20N2O/c1-2-17-13-8-6-7-12(11-13)16-14-9-4-3-5-10-15-14/h6-8,11H,2-5,9-10H2,1H3,(H,15,16). The monoisotopic (exact) mass is 232 g/mol. The molecule has 1 aromatic rings. The van der Waals surface area contributed by atoms with Gasteiger partial charge in [0.15, 0.2) is 0 Å². The van der Waals surface area contributed by atoms with E-state index < -0.39 is 0 Å². The van der Waals surface area contributed by atoms with Crippen LogP contribution in [0.3, 0.4) is 0 Å². The molecular formula is C14H20N2O. The largest absolute Gasteiger partial charge is 0.494 e. The number of hydrogen-bond donors (Lipinski definition) is 1. The highest BCUT2D eigenvalue weighted by Crippen LogP contribution is 2.18. The molecule has 1 aliphatic heterocycles. The summed E-state index contributed by atoms with van der Waals surface area (Å²) in [6.45, 7) is 3.65. The lowest BCUT2D eigenvalue weighted by Crippen LogP contribution is -2.11. The SMILES string of the molecule is CCOc1cccc(NC2=NCCCCC2)c1. The summed E-state index contributed by atoms with van der Waals surface area (Å²) in [5, 5.41) is 3.39. The van der Waals surface area contributed by atoms with Crippen molar-refractivity contribution in [2.24, 2.45) is 4.99 Å². The van der Waals surface area contributed by atoms with Gasteiger partial charge in [0.05, 0.1) is 6.61 Å². The van der Waals surface area contributed by atoms with Crippen LogP contribution in [0.15, 0.2) is 29.3 Å². The average molecular weight is 232 g/mol. The quantitative estimate of drug-likeness (QED) is 0.865. The van der Waals surface area contributed by atoms with Gasteiger partial charge >= 0.3 is 0 Å². The fourth-order valence-electron chi connectivity index (χ4n) is 1.97. The Labute approximate surface area is 103 Å². The summed E-state index contributed by atoms with van der Waals surface area (Å²) in [5.41, 5.74) is 1.07. The van der Waals surface area contributed by atoms with Crippen LogP contribution in [-0.2, 0) is 0 Å². The molecule has 1 aliphatic rings. The molecule has 92 valence electrons. The van der Waals surface area contributed by atoms with Crippen molar-refractivity contribution >= 4 is 11.5 Å². The zero-order valence-electron chi connectivity index (χ0n) is 10.4. The molecule has 0 radical (unpaired) electrons. The zero-order chi connectivity index (χ0) is 11.9. The second-order valence-electron chi connectivity index (χ2n) is 4.22. The topological polar surface area (TPSA) is 33.6 Å². The van der Waals surface area contributed by atoms with E-state index in [-0.39, 0.29) is 0 Å². The molecule has 17 heavy (non-hydrogen) atoms. The molecule has 0 amide bonds.